The molecule has 0 unspecified atom stereocenters. The maximum absolute atomic E-state index is 13.4. The molecule has 0 radical (unpaired) electrons. The first-order valence-corrected chi connectivity index (χ1v) is 10.3. The first-order chi connectivity index (χ1) is 14.6. The normalized spacial score (nSPS) is 11.5. The second-order valence-electron chi connectivity index (χ2n) is 7.13. The summed E-state index contributed by atoms with van der Waals surface area (Å²) < 4.78 is 0. The van der Waals surface area contributed by atoms with Crippen LogP contribution < -0.4 is 5.32 Å². The highest BCUT2D eigenvalue weighted by Crippen LogP contribution is 2.18. The number of hydrogen-bond acceptors (Lipinski definition) is 2. The van der Waals surface area contributed by atoms with Crippen LogP contribution in [0, 0.1) is 0 Å². The van der Waals surface area contributed by atoms with Crippen LogP contribution in [0.25, 0.3) is 0 Å². The number of hydrogen-bond donors (Lipinski definition) is 1. The molecule has 30 heavy (non-hydrogen) atoms. The van der Waals surface area contributed by atoms with Gasteiger partial charge >= 0.3 is 0 Å². The van der Waals surface area contributed by atoms with Gasteiger partial charge in [-0.3, -0.25) is 9.59 Å². The highest BCUT2D eigenvalue weighted by atomic mass is 35.5. The van der Waals surface area contributed by atoms with E-state index >= 15 is 0 Å². The Bertz CT molecular complexity index is 959. The van der Waals surface area contributed by atoms with Crippen molar-refractivity contribution in [1.29, 1.82) is 0 Å². The maximum atomic E-state index is 13.4. The third kappa shape index (κ3) is 5.94. The Hall–Kier alpha value is -3.11. The lowest BCUT2D eigenvalue weighted by atomic mass is 10.0. The summed E-state index contributed by atoms with van der Waals surface area (Å²) in [5.74, 6) is -0.282. The Morgan fingerprint density at radius 1 is 0.833 bits per heavy atom. The second kappa shape index (κ2) is 10.6. The fourth-order valence-electron chi connectivity index (χ4n) is 3.38. The van der Waals surface area contributed by atoms with Gasteiger partial charge in [0.1, 0.15) is 6.04 Å². The summed E-state index contributed by atoms with van der Waals surface area (Å²) in [7, 11) is 1.60. The third-order valence-electron chi connectivity index (χ3n) is 4.98. The number of nitrogens with one attached hydrogen (secondary N) is 1. The highest BCUT2D eigenvalue weighted by Gasteiger charge is 2.29. The first kappa shape index (κ1) is 21.6. The molecule has 0 heterocycles. The Labute approximate surface area is 182 Å². The van der Waals surface area contributed by atoms with Gasteiger partial charge in [-0.1, -0.05) is 84.4 Å². The lowest BCUT2D eigenvalue weighted by molar-refractivity contribution is -0.140. The van der Waals surface area contributed by atoms with Crippen molar-refractivity contribution >= 4 is 23.4 Å². The minimum Gasteiger partial charge on any atom is -0.357 e. The average Bonchev–Trinajstić information content (AvgIpc) is 2.78. The van der Waals surface area contributed by atoms with E-state index in [1.165, 1.54) is 0 Å². The van der Waals surface area contributed by atoms with E-state index in [2.05, 4.69) is 5.32 Å². The van der Waals surface area contributed by atoms with E-state index in [0.717, 1.165) is 16.7 Å². The molecule has 0 spiro atoms. The fraction of sp³-hybridized carbons (Fsp3) is 0.200. The van der Waals surface area contributed by atoms with Crippen molar-refractivity contribution in [2.75, 3.05) is 7.05 Å². The summed E-state index contributed by atoms with van der Waals surface area (Å²) in [6.45, 7) is 0.327. The predicted molar refractivity (Wildman–Crippen MR) is 120 cm³/mol. The zero-order valence-electron chi connectivity index (χ0n) is 16.9. The van der Waals surface area contributed by atoms with E-state index in [1.54, 1.807) is 24.1 Å². The molecule has 1 N–H and O–H groups in total. The molecule has 2 amide bonds. The summed E-state index contributed by atoms with van der Waals surface area (Å²) in [6.07, 6.45) is 0.672. The number of halogens is 1. The quantitative estimate of drug-likeness (QED) is 0.591. The van der Waals surface area contributed by atoms with Crippen molar-refractivity contribution in [1.82, 2.24) is 10.2 Å². The zero-order chi connectivity index (χ0) is 21.3. The van der Waals surface area contributed by atoms with Crippen LogP contribution in [0.4, 0.5) is 0 Å². The van der Waals surface area contributed by atoms with Gasteiger partial charge in [0, 0.05) is 25.0 Å². The van der Waals surface area contributed by atoms with E-state index in [4.69, 9.17) is 11.6 Å². The Morgan fingerprint density at radius 3 is 1.97 bits per heavy atom. The van der Waals surface area contributed by atoms with Gasteiger partial charge in [0.25, 0.3) is 0 Å². The van der Waals surface area contributed by atoms with E-state index in [-0.39, 0.29) is 18.2 Å². The van der Waals surface area contributed by atoms with Gasteiger partial charge in [-0.15, -0.1) is 0 Å². The monoisotopic (exact) mass is 420 g/mol. The van der Waals surface area contributed by atoms with Crippen LogP contribution in [0.1, 0.15) is 16.7 Å². The minimum atomic E-state index is -0.621. The lowest BCUT2D eigenvalue weighted by Crippen LogP contribution is -2.50. The average molecular weight is 421 g/mol. The van der Waals surface area contributed by atoms with E-state index < -0.39 is 6.04 Å². The number of benzene rings is 3. The molecule has 0 aliphatic carbocycles. The van der Waals surface area contributed by atoms with Crippen LogP contribution in [0.5, 0.6) is 0 Å². The molecule has 0 aromatic heterocycles. The largest absolute Gasteiger partial charge is 0.357 e. The number of nitrogens with zero attached hydrogens (tertiary/aromatic N) is 1. The van der Waals surface area contributed by atoms with Crippen molar-refractivity contribution in [3.8, 4) is 0 Å². The summed E-state index contributed by atoms with van der Waals surface area (Å²) in [4.78, 5) is 27.9. The first-order valence-electron chi connectivity index (χ1n) is 9.90. The van der Waals surface area contributed by atoms with Crippen molar-refractivity contribution in [3.05, 3.63) is 107 Å². The summed E-state index contributed by atoms with van der Waals surface area (Å²) in [5.41, 5.74) is 2.83. The topological polar surface area (TPSA) is 49.4 Å². The molecule has 0 saturated heterocycles. The predicted octanol–water partition coefficient (Wildman–Crippen LogP) is 4.27. The second-order valence-corrected chi connectivity index (χ2v) is 7.57. The molecule has 0 bridgehead atoms. The molecule has 154 valence electrons. The van der Waals surface area contributed by atoms with E-state index in [9.17, 15) is 9.59 Å². The standard InChI is InChI=1S/C25H25ClN2O2/c1-27-25(30)23(16-19-8-4-2-5-9-19)28(18-21-12-14-22(26)15-13-21)24(29)17-20-10-6-3-7-11-20/h2-15,23H,16-18H2,1H3,(H,27,30)/t23-/m1/s1. The van der Waals surface area contributed by atoms with Crippen LogP contribution in [-0.4, -0.2) is 29.8 Å². The molecule has 0 aliphatic heterocycles. The van der Waals surface area contributed by atoms with Gasteiger partial charge in [0.2, 0.25) is 11.8 Å². The molecule has 1 atom stereocenters. The minimum absolute atomic E-state index is 0.0966. The number of likely N-dealkylation sites (N-methyl/N-ethyl adjacent to an activating group) is 1. The van der Waals surface area contributed by atoms with Gasteiger partial charge in [0.15, 0.2) is 0 Å². The Morgan fingerprint density at radius 2 is 1.40 bits per heavy atom. The van der Waals surface area contributed by atoms with Crippen LogP contribution in [-0.2, 0) is 29.0 Å². The van der Waals surface area contributed by atoms with Gasteiger partial charge in [-0.2, -0.15) is 0 Å². The van der Waals surface area contributed by atoms with Crippen molar-refractivity contribution in [2.24, 2.45) is 0 Å². The summed E-state index contributed by atoms with van der Waals surface area (Å²) >= 11 is 6.02. The summed E-state index contributed by atoms with van der Waals surface area (Å²) in [6, 6.07) is 26.1. The molecule has 5 heteroatoms. The molecular formula is C25H25ClN2O2. The highest BCUT2D eigenvalue weighted by molar-refractivity contribution is 6.30. The third-order valence-corrected chi connectivity index (χ3v) is 5.23. The molecule has 4 nitrogen and oxygen atoms in total. The number of carbonyl (C=O) groups is 2. The number of rotatable bonds is 8. The maximum Gasteiger partial charge on any atom is 0.242 e. The van der Waals surface area contributed by atoms with Gasteiger partial charge in [-0.05, 0) is 28.8 Å². The molecular weight excluding hydrogens is 396 g/mol. The van der Waals surface area contributed by atoms with Crippen molar-refractivity contribution < 1.29 is 9.59 Å². The molecule has 0 fully saturated rings. The van der Waals surface area contributed by atoms with Crippen LogP contribution >= 0.6 is 11.6 Å². The number of amides is 2. The van der Waals surface area contributed by atoms with Crippen LogP contribution in [0.3, 0.4) is 0 Å². The van der Waals surface area contributed by atoms with Gasteiger partial charge in [-0.25, -0.2) is 0 Å². The zero-order valence-corrected chi connectivity index (χ0v) is 17.7. The molecule has 3 rings (SSSR count). The van der Waals surface area contributed by atoms with E-state index in [0.29, 0.717) is 18.0 Å². The van der Waals surface area contributed by atoms with Crippen molar-refractivity contribution in [2.45, 2.75) is 25.4 Å². The number of carbonyl (C=O) groups excluding carboxylic acids is 2. The van der Waals surface area contributed by atoms with Crippen LogP contribution in [0.15, 0.2) is 84.9 Å². The SMILES string of the molecule is CNC(=O)[C@@H](Cc1ccccc1)N(Cc1ccc(Cl)cc1)C(=O)Cc1ccccc1. The van der Waals surface area contributed by atoms with Gasteiger partial charge < -0.3 is 10.2 Å². The molecule has 0 saturated carbocycles. The molecule has 0 aliphatic rings. The molecule has 3 aromatic rings. The van der Waals surface area contributed by atoms with E-state index in [1.807, 2.05) is 72.8 Å². The fourth-order valence-corrected chi connectivity index (χ4v) is 3.51. The van der Waals surface area contributed by atoms with Crippen LogP contribution in [0.2, 0.25) is 5.02 Å². The Kier molecular flexibility index (Phi) is 7.63. The Balaban J connectivity index is 1.92. The molecule has 3 aromatic carbocycles. The summed E-state index contributed by atoms with van der Waals surface area (Å²) in [5, 5.41) is 3.36. The lowest BCUT2D eigenvalue weighted by Gasteiger charge is -2.31. The smallest absolute Gasteiger partial charge is 0.242 e. The van der Waals surface area contributed by atoms with Crippen molar-refractivity contribution in [3.63, 3.8) is 0 Å². The van der Waals surface area contributed by atoms with Gasteiger partial charge in [0.05, 0.1) is 6.42 Å².